The molecule has 0 fully saturated rings. The van der Waals surface area contributed by atoms with E-state index < -0.39 is 12.0 Å². The maximum absolute atomic E-state index is 12.1. The first-order valence-corrected chi connectivity index (χ1v) is 8.33. The summed E-state index contributed by atoms with van der Waals surface area (Å²) in [7, 11) is 1.58. The van der Waals surface area contributed by atoms with Crippen LogP contribution in [0.4, 0.5) is 0 Å². The van der Waals surface area contributed by atoms with Crippen LogP contribution >= 0.6 is 0 Å². The van der Waals surface area contributed by atoms with Gasteiger partial charge >= 0.3 is 0 Å². The van der Waals surface area contributed by atoms with Crippen molar-refractivity contribution in [3.8, 4) is 11.4 Å². The van der Waals surface area contributed by atoms with Gasteiger partial charge in [-0.2, -0.15) is 5.10 Å². The number of amides is 1. The molecule has 1 atom stereocenters. The van der Waals surface area contributed by atoms with E-state index in [2.05, 4.69) is 10.4 Å². The van der Waals surface area contributed by atoms with Gasteiger partial charge in [0.1, 0.15) is 11.9 Å². The van der Waals surface area contributed by atoms with Crippen molar-refractivity contribution in [2.24, 2.45) is 0 Å². The van der Waals surface area contributed by atoms with E-state index in [1.165, 1.54) is 0 Å². The van der Waals surface area contributed by atoms with Gasteiger partial charge in [0.2, 0.25) is 5.91 Å². The molecule has 0 aliphatic carbocycles. The van der Waals surface area contributed by atoms with Crippen molar-refractivity contribution in [2.75, 3.05) is 7.11 Å². The molecule has 1 unspecified atom stereocenters. The molecule has 0 bridgehead atoms. The molecule has 26 heavy (non-hydrogen) atoms. The SMILES string of the molecule is COc1cccc(CC(O)C(=O)NCc2ccc(-n3cccn3)cc2)c1. The van der Waals surface area contributed by atoms with Gasteiger partial charge in [-0.1, -0.05) is 24.3 Å². The van der Waals surface area contributed by atoms with Crippen molar-refractivity contribution in [1.29, 1.82) is 0 Å². The van der Waals surface area contributed by atoms with Crippen molar-refractivity contribution in [2.45, 2.75) is 19.1 Å². The molecule has 0 radical (unpaired) electrons. The number of hydrogen-bond acceptors (Lipinski definition) is 4. The summed E-state index contributed by atoms with van der Waals surface area (Å²) in [5, 5.41) is 17.0. The predicted octanol–water partition coefficient (Wildman–Crippen LogP) is 2.10. The fourth-order valence-electron chi connectivity index (χ4n) is 2.61. The molecule has 0 aliphatic rings. The number of ether oxygens (including phenoxy) is 1. The van der Waals surface area contributed by atoms with E-state index in [9.17, 15) is 9.90 Å². The number of aliphatic hydroxyl groups excluding tert-OH is 1. The number of aliphatic hydroxyl groups is 1. The first-order valence-electron chi connectivity index (χ1n) is 8.33. The Labute approximate surface area is 152 Å². The molecule has 2 N–H and O–H groups in total. The molecule has 0 saturated heterocycles. The lowest BCUT2D eigenvalue weighted by Gasteiger charge is -2.12. The largest absolute Gasteiger partial charge is 0.497 e. The topological polar surface area (TPSA) is 76.4 Å². The van der Waals surface area contributed by atoms with Gasteiger partial charge in [-0.15, -0.1) is 0 Å². The van der Waals surface area contributed by atoms with E-state index in [0.29, 0.717) is 12.3 Å². The van der Waals surface area contributed by atoms with Gasteiger partial charge in [-0.25, -0.2) is 4.68 Å². The van der Waals surface area contributed by atoms with Crippen LogP contribution in [-0.2, 0) is 17.8 Å². The van der Waals surface area contributed by atoms with Crippen LogP contribution < -0.4 is 10.1 Å². The Bertz CT molecular complexity index is 845. The highest BCUT2D eigenvalue weighted by atomic mass is 16.5. The van der Waals surface area contributed by atoms with Crippen molar-refractivity contribution in [3.63, 3.8) is 0 Å². The number of nitrogens with one attached hydrogen (secondary N) is 1. The Morgan fingerprint density at radius 2 is 2.00 bits per heavy atom. The summed E-state index contributed by atoms with van der Waals surface area (Å²) in [5.41, 5.74) is 2.74. The summed E-state index contributed by atoms with van der Waals surface area (Å²) in [6.07, 6.45) is 2.72. The van der Waals surface area contributed by atoms with Gasteiger partial charge in [0.25, 0.3) is 0 Å². The van der Waals surface area contributed by atoms with Gasteiger partial charge in [-0.3, -0.25) is 4.79 Å². The van der Waals surface area contributed by atoms with Crippen LogP contribution in [0, 0.1) is 0 Å². The molecular weight excluding hydrogens is 330 g/mol. The smallest absolute Gasteiger partial charge is 0.249 e. The standard InChI is InChI=1S/C20H21N3O3/c1-26-18-5-2-4-16(12-18)13-19(24)20(25)21-14-15-6-8-17(9-7-15)23-11-3-10-22-23/h2-12,19,24H,13-14H2,1H3,(H,21,25). The van der Waals surface area contributed by atoms with E-state index >= 15 is 0 Å². The van der Waals surface area contributed by atoms with Crippen LogP contribution in [0.1, 0.15) is 11.1 Å². The van der Waals surface area contributed by atoms with Gasteiger partial charge in [0, 0.05) is 25.4 Å². The van der Waals surface area contributed by atoms with E-state index in [1.54, 1.807) is 18.0 Å². The van der Waals surface area contributed by atoms with Crippen molar-refractivity contribution >= 4 is 5.91 Å². The highest BCUT2D eigenvalue weighted by Gasteiger charge is 2.15. The molecular formula is C20H21N3O3. The molecule has 134 valence electrons. The van der Waals surface area contributed by atoms with Crippen LogP contribution in [0.15, 0.2) is 67.0 Å². The molecule has 2 aromatic carbocycles. The molecule has 3 rings (SSSR count). The van der Waals surface area contributed by atoms with E-state index in [0.717, 1.165) is 16.8 Å². The first kappa shape index (κ1) is 17.7. The second-order valence-corrected chi connectivity index (χ2v) is 5.91. The number of nitrogens with zero attached hydrogens (tertiary/aromatic N) is 2. The molecule has 1 aromatic heterocycles. The minimum absolute atomic E-state index is 0.237. The van der Waals surface area contributed by atoms with Gasteiger partial charge in [0.15, 0.2) is 0 Å². The Kier molecular flexibility index (Phi) is 5.66. The Morgan fingerprint density at radius 3 is 2.69 bits per heavy atom. The fourth-order valence-corrected chi connectivity index (χ4v) is 2.61. The molecule has 0 aliphatic heterocycles. The highest BCUT2D eigenvalue weighted by Crippen LogP contribution is 2.14. The maximum atomic E-state index is 12.1. The first-order chi connectivity index (χ1) is 12.7. The quantitative estimate of drug-likeness (QED) is 0.683. The lowest BCUT2D eigenvalue weighted by atomic mass is 10.1. The fraction of sp³-hybridized carbons (Fsp3) is 0.200. The van der Waals surface area contributed by atoms with Crippen LogP contribution in [0.3, 0.4) is 0 Å². The van der Waals surface area contributed by atoms with Gasteiger partial charge in [-0.05, 0) is 41.5 Å². The molecule has 6 heteroatoms. The Morgan fingerprint density at radius 1 is 1.19 bits per heavy atom. The molecule has 1 heterocycles. The second kappa shape index (κ2) is 8.31. The highest BCUT2D eigenvalue weighted by molar-refractivity contribution is 5.80. The number of rotatable bonds is 7. The number of aromatic nitrogens is 2. The zero-order chi connectivity index (χ0) is 18.4. The number of carbonyl (C=O) groups excluding carboxylic acids is 1. The molecule has 3 aromatic rings. The molecule has 0 saturated carbocycles. The minimum Gasteiger partial charge on any atom is -0.497 e. The Balaban J connectivity index is 1.52. The van der Waals surface area contributed by atoms with Gasteiger partial charge < -0.3 is 15.2 Å². The van der Waals surface area contributed by atoms with Gasteiger partial charge in [0.05, 0.1) is 12.8 Å². The zero-order valence-corrected chi connectivity index (χ0v) is 14.5. The third-order valence-electron chi connectivity index (χ3n) is 4.04. The van der Waals surface area contributed by atoms with Crippen molar-refractivity contribution < 1.29 is 14.6 Å². The molecule has 0 spiro atoms. The van der Waals surface area contributed by atoms with Crippen LogP contribution in [0.2, 0.25) is 0 Å². The molecule has 6 nitrogen and oxygen atoms in total. The summed E-state index contributed by atoms with van der Waals surface area (Å²) in [6, 6.07) is 16.9. The predicted molar refractivity (Wildman–Crippen MR) is 98.1 cm³/mol. The van der Waals surface area contributed by atoms with E-state index in [4.69, 9.17) is 4.74 Å². The Hall–Kier alpha value is -3.12. The lowest BCUT2D eigenvalue weighted by Crippen LogP contribution is -2.35. The normalized spacial score (nSPS) is 11.8. The van der Waals surface area contributed by atoms with Crippen LogP contribution in [0.25, 0.3) is 5.69 Å². The lowest BCUT2D eigenvalue weighted by molar-refractivity contribution is -0.129. The number of carbonyl (C=O) groups is 1. The summed E-state index contributed by atoms with van der Waals surface area (Å²) in [4.78, 5) is 12.1. The monoisotopic (exact) mass is 351 g/mol. The van der Waals surface area contributed by atoms with Crippen LogP contribution in [-0.4, -0.2) is 34.0 Å². The second-order valence-electron chi connectivity index (χ2n) is 5.91. The summed E-state index contributed by atoms with van der Waals surface area (Å²) >= 11 is 0. The third kappa shape index (κ3) is 4.49. The van der Waals surface area contributed by atoms with Crippen molar-refractivity contribution in [3.05, 3.63) is 78.1 Å². The zero-order valence-electron chi connectivity index (χ0n) is 14.5. The molecule has 1 amide bonds. The summed E-state index contributed by atoms with van der Waals surface area (Å²) in [6.45, 7) is 0.355. The summed E-state index contributed by atoms with van der Waals surface area (Å²) < 4.78 is 6.91. The average Bonchev–Trinajstić information content (AvgIpc) is 3.21. The van der Waals surface area contributed by atoms with E-state index in [1.807, 2.05) is 60.8 Å². The average molecular weight is 351 g/mol. The summed E-state index contributed by atoms with van der Waals surface area (Å²) in [5.74, 6) is 0.302. The number of methoxy groups -OCH3 is 1. The van der Waals surface area contributed by atoms with Crippen molar-refractivity contribution in [1.82, 2.24) is 15.1 Å². The maximum Gasteiger partial charge on any atom is 0.249 e. The minimum atomic E-state index is -1.11. The number of benzene rings is 2. The number of hydrogen-bond donors (Lipinski definition) is 2. The van der Waals surface area contributed by atoms with E-state index in [-0.39, 0.29) is 6.42 Å². The third-order valence-corrected chi connectivity index (χ3v) is 4.04. The van der Waals surface area contributed by atoms with Crippen LogP contribution in [0.5, 0.6) is 5.75 Å².